The van der Waals surface area contributed by atoms with Crippen LogP contribution in [0.25, 0.3) is 10.1 Å². The molecule has 1 aliphatic heterocycles. The van der Waals surface area contributed by atoms with Crippen LogP contribution in [0.3, 0.4) is 0 Å². The summed E-state index contributed by atoms with van der Waals surface area (Å²) < 4.78 is 6.09. The summed E-state index contributed by atoms with van der Waals surface area (Å²) in [6, 6.07) is 9.48. The van der Waals surface area contributed by atoms with Gasteiger partial charge in [0.15, 0.2) is 5.82 Å². The lowest BCUT2D eigenvalue weighted by molar-refractivity contribution is 0.202. The minimum Gasteiger partial charge on any atom is -0.350 e. The highest BCUT2D eigenvalue weighted by molar-refractivity contribution is 7.13. The van der Waals surface area contributed by atoms with Gasteiger partial charge in [-0.2, -0.15) is 4.37 Å². The van der Waals surface area contributed by atoms with E-state index in [0.29, 0.717) is 12.1 Å². The molecule has 2 N–H and O–H groups in total. The van der Waals surface area contributed by atoms with E-state index < -0.39 is 0 Å². The molecule has 6 nitrogen and oxygen atoms in total. The number of carbonyl (C=O) groups is 1. The fourth-order valence-electron chi connectivity index (χ4n) is 4.70. The minimum absolute atomic E-state index is 0.0351. The predicted octanol–water partition coefficient (Wildman–Crippen LogP) is 3.68. The van der Waals surface area contributed by atoms with Crippen molar-refractivity contribution in [3.05, 3.63) is 24.3 Å². The summed E-state index contributed by atoms with van der Waals surface area (Å²) in [5, 5.41) is 8.03. The summed E-state index contributed by atoms with van der Waals surface area (Å²) in [6.07, 6.45) is 7.12. The van der Waals surface area contributed by atoms with E-state index in [9.17, 15) is 4.79 Å². The van der Waals surface area contributed by atoms with E-state index in [1.54, 1.807) is 30.5 Å². The van der Waals surface area contributed by atoms with Gasteiger partial charge in [-0.3, -0.25) is 0 Å². The summed E-state index contributed by atoms with van der Waals surface area (Å²) in [5.74, 6) is 1.95. The van der Waals surface area contributed by atoms with Gasteiger partial charge in [-0.25, -0.2) is 4.79 Å². The molecule has 2 heterocycles. The Hall–Kier alpha value is -1.86. The molecule has 7 heteroatoms. The van der Waals surface area contributed by atoms with Crippen LogP contribution >= 0.6 is 11.5 Å². The highest BCUT2D eigenvalue weighted by Crippen LogP contribution is 2.33. The van der Waals surface area contributed by atoms with Crippen LogP contribution in [-0.4, -0.2) is 61.1 Å². The lowest BCUT2D eigenvalue weighted by Gasteiger charge is -2.38. The monoisotopic (exact) mass is 415 g/mol. The number of nitrogens with one attached hydrogen (secondary N) is 2. The smallest absolute Gasteiger partial charge is 0.317 e. The van der Waals surface area contributed by atoms with Crippen LogP contribution in [0.15, 0.2) is 24.3 Å². The van der Waals surface area contributed by atoms with Crippen LogP contribution in [0.4, 0.5) is 10.6 Å². The number of fused-ring (bicyclic) bond motifs is 1. The number of hydrogen-bond donors (Lipinski definition) is 2. The van der Waals surface area contributed by atoms with Gasteiger partial charge in [0.25, 0.3) is 0 Å². The molecule has 2 aliphatic rings. The standard InChI is InChI=1S/C22H33N5OS/c1-26(2)22(28)24-17-10-7-16(8-11-17)9-12-18-15-23-13-14-27(18)21-19-5-3-4-6-20(19)29-25-21/h3-6,16-18,23H,7-15H2,1-2H3,(H,24,28)/t16-,17-,18?. The predicted molar refractivity (Wildman–Crippen MR) is 121 cm³/mol. The Morgan fingerprint density at radius 1 is 1.24 bits per heavy atom. The summed E-state index contributed by atoms with van der Waals surface area (Å²) in [5.41, 5.74) is 0. The van der Waals surface area contributed by atoms with Gasteiger partial charge < -0.3 is 20.4 Å². The number of piperazine rings is 1. The first kappa shape index (κ1) is 20.4. The minimum atomic E-state index is 0.0351. The molecule has 2 amide bonds. The van der Waals surface area contributed by atoms with Crippen molar-refractivity contribution in [3.8, 4) is 0 Å². The molecule has 2 fully saturated rings. The van der Waals surface area contributed by atoms with Gasteiger partial charge >= 0.3 is 6.03 Å². The molecule has 1 aliphatic carbocycles. The van der Waals surface area contributed by atoms with Crippen molar-refractivity contribution in [2.75, 3.05) is 38.6 Å². The maximum absolute atomic E-state index is 11.9. The van der Waals surface area contributed by atoms with E-state index in [1.165, 1.54) is 41.6 Å². The Morgan fingerprint density at radius 2 is 2.03 bits per heavy atom. The van der Waals surface area contributed by atoms with Gasteiger partial charge in [-0.05, 0) is 68.1 Å². The van der Waals surface area contributed by atoms with Crippen LogP contribution < -0.4 is 15.5 Å². The van der Waals surface area contributed by atoms with Gasteiger partial charge in [0.2, 0.25) is 0 Å². The number of carbonyl (C=O) groups excluding carboxylic acids is 1. The molecule has 2 aromatic rings. The van der Waals surface area contributed by atoms with E-state index in [-0.39, 0.29) is 6.03 Å². The number of anilines is 1. The second-order valence-corrected chi connectivity index (χ2v) is 9.50. The maximum atomic E-state index is 11.9. The van der Waals surface area contributed by atoms with Crippen LogP contribution in [0.2, 0.25) is 0 Å². The van der Waals surface area contributed by atoms with Gasteiger partial charge in [0.05, 0.1) is 4.70 Å². The molecule has 1 saturated heterocycles. The Balaban J connectivity index is 1.31. The lowest BCUT2D eigenvalue weighted by atomic mass is 9.82. The quantitative estimate of drug-likeness (QED) is 0.782. The molecule has 1 atom stereocenters. The number of rotatable bonds is 5. The summed E-state index contributed by atoms with van der Waals surface area (Å²) in [7, 11) is 3.60. The summed E-state index contributed by atoms with van der Waals surface area (Å²) >= 11 is 1.61. The molecular formula is C22H33N5OS. The molecule has 1 saturated carbocycles. The van der Waals surface area contributed by atoms with Crippen molar-refractivity contribution in [1.29, 1.82) is 0 Å². The first-order valence-electron chi connectivity index (χ1n) is 10.9. The number of nitrogens with zero attached hydrogens (tertiary/aromatic N) is 3. The van der Waals surface area contributed by atoms with Gasteiger partial charge in [0, 0.05) is 51.2 Å². The highest BCUT2D eigenvalue weighted by atomic mass is 32.1. The van der Waals surface area contributed by atoms with Gasteiger partial charge in [-0.1, -0.05) is 12.1 Å². The fraction of sp³-hybridized carbons (Fsp3) is 0.636. The SMILES string of the molecule is CN(C)C(=O)N[C@H]1CC[C@H](CCC2CNCCN2c2nsc3ccccc23)CC1. The van der Waals surface area contributed by atoms with Crippen LogP contribution in [0.1, 0.15) is 38.5 Å². The Labute approximate surface area is 177 Å². The van der Waals surface area contributed by atoms with Crippen LogP contribution in [0.5, 0.6) is 0 Å². The lowest BCUT2D eigenvalue weighted by Crippen LogP contribution is -2.51. The zero-order chi connectivity index (χ0) is 20.2. The first-order valence-corrected chi connectivity index (χ1v) is 11.7. The summed E-state index contributed by atoms with van der Waals surface area (Å²) in [6.45, 7) is 3.10. The molecular weight excluding hydrogens is 382 g/mol. The topological polar surface area (TPSA) is 60.5 Å². The third kappa shape index (κ3) is 4.83. The Bertz CT molecular complexity index is 814. The number of benzene rings is 1. The molecule has 4 rings (SSSR count). The molecule has 0 spiro atoms. The largest absolute Gasteiger partial charge is 0.350 e. The van der Waals surface area contributed by atoms with Crippen LogP contribution in [0, 0.1) is 5.92 Å². The van der Waals surface area contributed by atoms with E-state index in [4.69, 9.17) is 4.37 Å². The van der Waals surface area contributed by atoms with Crippen LogP contribution in [-0.2, 0) is 0 Å². The van der Waals surface area contributed by atoms with Crippen molar-refractivity contribution in [1.82, 2.24) is 19.9 Å². The average Bonchev–Trinajstić information content (AvgIpc) is 3.17. The normalized spacial score (nSPS) is 25.2. The number of amides is 2. The van der Waals surface area contributed by atoms with Crippen molar-refractivity contribution in [3.63, 3.8) is 0 Å². The number of hydrogen-bond acceptors (Lipinski definition) is 5. The zero-order valence-electron chi connectivity index (χ0n) is 17.6. The third-order valence-corrected chi connectivity index (χ3v) is 7.29. The van der Waals surface area contributed by atoms with E-state index in [0.717, 1.165) is 38.4 Å². The molecule has 1 aromatic carbocycles. The zero-order valence-corrected chi connectivity index (χ0v) is 18.4. The molecule has 0 radical (unpaired) electrons. The molecule has 29 heavy (non-hydrogen) atoms. The van der Waals surface area contributed by atoms with Crippen molar-refractivity contribution in [2.24, 2.45) is 5.92 Å². The number of aromatic nitrogens is 1. The van der Waals surface area contributed by atoms with Crippen molar-refractivity contribution < 1.29 is 4.79 Å². The van der Waals surface area contributed by atoms with E-state index >= 15 is 0 Å². The second kappa shape index (κ2) is 9.30. The molecule has 1 unspecified atom stereocenters. The molecule has 0 bridgehead atoms. The maximum Gasteiger partial charge on any atom is 0.317 e. The Kier molecular flexibility index (Phi) is 6.55. The Morgan fingerprint density at radius 3 is 2.83 bits per heavy atom. The second-order valence-electron chi connectivity index (χ2n) is 8.69. The average molecular weight is 416 g/mol. The van der Waals surface area contributed by atoms with E-state index in [2.05, 4.69) is 39.8 Å². The highest BCUT2D eigenvalue weighted by Gasteiger charge is 2.28. The summed E-state index contributed by atoms with van der Waals surface area (Å²) in [4.78, 5) is 16.0. The fourth-order valence-corrected chi connectivity index (χ4v) is 5.49. The van der Waals surface area contributed by atoms with Gasteiger partial charge in [-0.15, -0.1) is 0 Å². The molecule has 1 aromatic heterocycles. The van der Waals surface area contributed by atoms with E-state index in [1.807, 2.05) is 0 Å². The first-order chi connectivity index (χ1) is 14.1. The van der Waals surface area contributed by atoms with Crippen molar-refractivity contribution >= 4 is 33.5 Å². The van der Waals surface area contributed by atoms with Crippen molar-refractivity contribution in [2.45, 2.75) is 50.6 Å². The number of urea groups is 1. The third-order valence-electron chi connectivity index (χ3n) is 6.47. The molecule has 158 valence electrons. The van der Waals surface area contributed by atoms with Gasteiger partial charge in [0.1, 0.15) is 0 Å².